The maximum Gasteiger partial charge on any atom is 0.171 e. The summed E-state index contributed by atoms with van der Waals surface area (Å²) < 4.78 is 7.81. The average Bonchev–Trinajstić information content (AvgIpc) is 2.52. The largest absolute Gasteiger partial charge is 0.358 e. The van der Waals surface area contributed by atoms with Crippen LogP contribution in [-0.2, 0) is 11.5 Å². The van der Waals surface area contributed by atoms with Crippen molar-refractivity contribution in [1.82, 2.24) is 9.78 Å². The fourth-order valence-electron chi connectivity index (χ4n) is 1.02. The smallest absolute Gasteiger partial charge is 0.171 e. The van der Waals surface area contributed by atoms with Crippen LogP contribution in [0.1, 0.15) is 10.5 Å². The van der Waals surface area contributed by atoms with E-state index in [-0.39, 0.29) is 0 Å². The van der Waals surface area contributed by atoms with Crippen LogP contribution in [-0.4, -0.2) is 47.2 Å². The van der Waals surface area contributed by atoms with Gasteiger partial charge in [0.05, 0.1) is 11.1 Å². The highest BCUT2D eigenvalue weighted by molar-refractivity contribution is 9.10. The lowest BCUT2D eigenvalue weighted by atomic mass is 10.5. The molecular weight excluding hydrogens is 292 g/mol. The molecule has 0 fully saturated rings. The number of nitrogens with zero attached hydrogens (tertiary/aromatic N) is 2. The van der Waals surface area contributed by atoms with Crippen LogP contribution in [0.15, 0.2) is 10.7 Å². The molecule has 1 aromatic rings. The molecule has 0 aromatic carbocycles. The van der Waals surface area contributed by atoms with Gasteiger partial charge in [0.2, 0.25) is 0 Å². The Kier molecular flexibility index (Phi) is 5.01. The summed E-state index contributed by atoms with van der Waals surface area (Å²) in [5.74, 6) is 1.08. The molecule has 0 N–H and O–H groups in total. The number of carbonyl (C=O) groups excluding carboxylic acids is 1. The standard InChI is InChI=1S/C10H17BrN2O2S/c1-16(2,3)5-4-15-8-13-6-9(11)10(7-14)12-13/h6-7H,4-5,8H2,1-3H3. The molecule has 0 aliphatic heterocycles. The Labute approximate surface area is 106 Å². The van der Waals surface area contributed by atoms with Crippen molar-refractivity contribution in [2.24, 2.45) is 0 Å². The van der Waals surface area contributed by atoms with Gasteiger partial charge in [-0.1, -0.05) is 0 Å². The first-order valence-corrected chi connectivity index (χ1v) is 8.66. The Morgan fingerprint density at radius 2 is 2.25 bits per heavy atom. The van der Waals surface area contributed by atoms with Gasteiger partial charge in [-0.15, -0.1) is 0 Å². The molecule has 0 saturated carbocycles. The van der Waals surface area contributed by atoms with Crippen LogP contribution in [0.5, 0.6) is 0 Å². The van der Waals surface area contributed by atoms with E-state index in [0.717, 1.165) is 18.6 Å². The molecule has 0 amide bonds. The highest BCUT2D eigenvalue weighted by atomic mass is 79.9. The van der Waals surface area contributed by atoms with E-state index >= 15 is 0 Å². The lowest BCUT2D eigenvalue weighted by Gasteiger charge is -2.24. The van der Waals surface area contributed by atoms with Gasteiger partial charge in [0, 0.05) is 11.9 Å². The van der Waals surface area contributed by atoms with E-state index in [1.54, 1.807) is 10.9 Å². The predicted molar refractivity (Wildman–Crippen MR) is 71.5 cm³/mol. The minimum absolute atomic E-state index is 0.391. The van der Waals surface area contributed by atoms with E-state index in [2.05, 4.69) is 39.8 Å². The predicted octanol–water partition coefficient (Wildman–Crippen LogP) is 2.13. The topological polar surface area (TPSA) is 44.1 Å². The zero-order valence-electron chi connectivity index (χ0n) is 9.77. The second-order valence-corrected chi connectivity index (χ2v) is 9.80. The Morgan fingerprint density at radius 3 is 2.75 bits per heavy atom. The molecule has 16 heavy (non-hydrogen) atoms. The summed E-state index contributed by atoms with van der Waals surface area (Å²) in [6.45, 7) is 1.12. The molecule has 4 nitrogen and oxygen atoms in total. The molecule has 1 rings (SSSR count). The Hall–Kier alpha value is -0.330. The van der Waals surface area contributed by atoms with Gasteiger partial charge in [0.25, 0.3) is 0 Å². The van der Waals surface area contributed by atoms with Gasteiger partial charge >= 0.3 is 0 Å². The summed E-state index contributed by atoms with van der Waals surface area (Å²) in [6, 6.07) is 0. The minimum atomic E-state index is -0.506. The van der Waals surface area contributed by atoms with Crippen molar-refractivity contribution in [3.63, 3.8) is 0 Å². The van der Waals surface area contributed by atoms with Crippen molar-refractivity contribution < 1.29 is 9.53 Å². The quantitative estimate of drug-likeness (QED) is 0.597. The van der Waals surface area contributed by atoms with E-state index in [1.807, 2.05) is 0 Å². The maximum absolute atomic E-state index is 10.6. The Bertz CT molecular complexity index is 360. The number of rotatable bonds is 6. The zero-order chi connectivity index (χ0) is 12.2. The van der Waals surface area contributed by atoms with Crippen LogP contribution >= 0.6 is 26.0 Å². The monoisotopic (exact) mass is 308 g/mol. The van der Waals surface area contributed by atoms with Gasteiger partial charge in [0.1, 0.15) is 12.4 Å². The van der Waals surface area contributed by atoms with Gasteiger partial charge in [-0.25, -0.2) is 14.7 Å². The van der Waals surface area contributed by atoms with E-state index < -0.39 is 10.0 Å². The highest BCUT2D eigenvalue weighted by Gasteiger charge is 2.06. The molecule has 1 aromatic heterocycles. The SMILES string of the molecule is CS(C)(C)CCOCn1cc(Br)c(C=O)n1. The lowest BCUT2D eigenvalue weighted by molar-refractivity contribution is 0.0804. The van der Waals surface area contributed by atoms with Crippen molar-refractivity contribution in [3.8, 4) is 0 Å². The lowest BCUT2D eigenvalue weighted by Crippen LogP contribution is -2.10. The summed E-state index contributed by atoms with van der Waals surface area (Å²) >= 11 is 3.25. The Morgan fingerprint density at radius 1 is 1.56 bits per heavy atom. The summed E-state index contributed by atoms with van der Waals surface area (Å²) in [4.78, 5) is 10.6. The van der Waals surface area contributed by atoms with E-state index in [1.165, 1.54) is 0 Å². The number of hydrogen-bond donors (Lipinski definition) is 0. The third-order valence-corrected chi connectivity index (χ3v) is 3.92. The van der Waals surface area contributed by atoms with Crippen LogP contribution in [0.4, 0.5) is 0 Å². The number of ether oxygens (including phenoxy) is 1. The Balaban J connectivity index is 2.35. The van der Waals surface area contributed by atoms with Crippen molar-refractivity contribution >= 4 is 32.2 Å². The molecule has 0 aliphatic rings. The summed E-state index contributed by atoms with van der Waals surface area (Å²) in [6.07, 6.45) is 9.23. The molecular formula is C10H17BrN2O2S. The van der Waals surface area contributed by atoms with Gasteiger partial charge < -0.3 is 4.74 Å². The molecule has 0 atom stereocenters. The number of aldehydes is 1. The second-order valence-electron chi connectivity index (χ2n) is 4.35. The molecule has 0 aliphatic carbocycles. The van der Waals surface area contributed by atoms with Gasteiger partial charge in [-0.3, -0.25) is 4.79 Å². The first kappa shape index (κ1) is 13.7. The molecule has 0 unspecified atom stereocenters. The van der Waals surface area contributed by atoms with Crippen molar-refractivity contribution in [2.45, 2.75) is 6.73 Å². The van der Waals surface area contributed by atoms with E-state index in [9.17, 15) is 4.79 Å². The molecule has 1 heterocycles. The van der Waals surface area contributed by atoms with Crippen LogP contribution in [0.3, 0.4) is 0 Å². The van der Waals surface area contributed by atoms with Crippen molar-refractivity contribution in [1.29, 1.82) is 0 Å². The molecule has 0 radical (unpaired) electrons. The number of hydrogen-bond acceptors (Lipinski definition) is 3. The third kappa shape index (κ3) is 4.67. The average molecular weight is 309 g/mol. The zero-order valence-corrected chi connectivity index (χ0v) is 12.2. The van der Waals surface area contributed by atoms with Crippen molar-refractivity contribution in [3.05, 3.63) is 16.4 Å². The molecule has 92 valence electrons. The molecule has 0 saturated heterocycles. The summed E-state index contributed by atoms with van der Waals surface area (Å²) in [5.41, 5.74) is 0.407. The van der Waals surface area contributed by atoms with Crippen molar-refractivity contribution in [2.75, 3.05) is 31.1 Å². The number of halogens is 1. The van der Waals surface area contributed by atoms with E-state index in [0.29, 0.717) is 16.9 Å². The van der Waals surface area contributed by atoms with Crippen LogP contribution < -0.4 is 0 Å². The van der Waals surface area contributed by atoms with Crippen LogP contribution in [0.25, 0.3) is 0 Å². The normalized spacial score (nSPS) is 12.8. The van der Waals surface area contributed by atoms with Gasteiger partial charge in [-0.2, -0.15) is 5.10 Å². The first-order chi connectivity index (χ1) is 7.42. The minimum Gasteiger partial charge on any atom is -0.358 e. The molecule has 0 bridgehead atoms. The third-order valence-electron chi connectivity index (χ3n) is 1.92. The van der Waals surface area contributed by atoms with Gasteiger partial charge in [0.15, 0.2) is 6.29 Å². The van der Waals surface area contributed by atoms with Crippen LogP contribution in [0, 0.1) is 0 Å². The highest BCUT2D eigenvalue weighted by Crippen LogP contribution is 2.33. The molecule has 6 heteroatoms. The van der Waals surface area contributed by atoms with Crippen LogP contribution in [0.2, 0.25) is 0 Å². The number of aromatic nitrogens is 2. The molecule has 0 spiro atoms. The fraction of sp³-hybridized carbons (Fsp3) is 0.600. The second kappa shape index (κ2) is 5.84. The number of carbonyl (C=O) groups is 1. The maximum atomic E-state index is 10.6. The van der Waals surface area contributed by atoms with Gasteiger partial charge in [-0.05, 0) is 34.7 Å². The summed E-state index contributed by atoms with van der Waals surface area (Å²) in [7, 11) is -0.506. The fourth-order valence-corrected chi connectivity index (χ4v) is 2.05. The summed E-state index contributed by atoms with van der Waals surface area (Å²) in [5, 5.41) is 4.05. The first-order valence-electron chi connectivity index (χ1n) is 4.84. The van der Waals surface area contributed by atoms with E-state index in [4.69, 9.17) is 4.74 Å².